The lowest BCUT2D eigenvalue weighted by molar-refractivity contribution is 0.0714. The van der Waals surface area contributed by atoms with E-state index in [0.29, 0.717) is 11.1 Å². The van der Waals surface area contributed by atoms with Gasteiger partial charge in [0.25, 0.3) is 5.91 Å². The van der Waals surface area contributed by atoms with Gasteiger partial charge in [-0.25, -0.2) is 0 Å². The Morgan fingerprint density at radius 2 is 1.93 bits per heavy atom. The summed E-state index contributed by atoms with van der Waals surface area (Å²) in [4.78, 5) is 13.3. The molecule has 4 aromatic rings. The molecule has 1 amide bonds. The molecule has 4 rings (SSSR count). The molecule has 0 aliphatic rings. The van der Waals surface area contributed by atoms with E-state index in [9.17, 15) is 9.90 Å². The van der Waals surface area contributed by atoms with Crippen LogP contribution < -0.4 is 5.32 Å². The Morgan fingerprint density at radius 3 is 2.56 bits per heavy atom. The summed E-state index contributed by atoms with van der Waals surface area (Å²) in [7, 11) is 0. The van der Waals surface area contributed by atoms with E-state index >= 15 is 0 Å². The third kappa shape index (κ3) is 3.60. The summed E-state index contributed by atoms with van der Waals surface area (Å²) >= 11 is 3.07. The standard InChI is InChI=1S/C21H17NO3S2/c23-20(16-5-3-15(4-6-16)17-8-11-26-13-17)22-14-21(24,18-7-9-25-12-18)19-2-1-10-27-19/h1-13,24H,14H2,(H,22,23). The molecule has 1 unspecified atom stereocenters. The van der Waals surface area contributed by atoms with Crippen LogP contribution >= 0.6 is 22.7 Å². The minimum absolute atomic E-state index is 0.0537. The van der Waals surface area contributed by atoms with Crippen LogP contribution in [0, 0.1) is 0 Å². The largest absolute Gasteiger partial charge is 0.472 e. The lowest BCUT2D eigenvalue weighted by atomic mass is 9.94. The number of hydrogen-bond acceptors (Lipinski definition) is 5. The molecule has 0 fully saturated rings. The Kier molecular flexibility index (Phi) is 4.94. The summed E-state index contributed by atoms with van der Waals surface area (Å²) in [6, 6.07) is 14.9. The molecule has 0 saturated heterocycles. The smallest absolute Gasteiger partial charge is 0.251 e. The second-order valence-corrected chi connectivity index (χ2v) is 7.85. The Morgan fingerprint density at radius 1 is 1.07 bits per heavy atom. The van der Waals surface area contributed by atoms with Crippen molar-refractivity contribution in [3.05, 3.63) is 93.2 Å². The number of furan rings is 1. The number of aliphatic hydroxyl groups is 1. The molecule has 2 N–H and O–H groups in total. The van der Waals surface area contributed by atoms with Crippen molar-refractivity contribution in [1.29, 1.82) is 0 Å². The number of nitrogens with one attached hydrogen (secondary N) is 1. The molecule has 1 aromatic carbocycles. The number of amides is 1. The molecule has 3 heterocycles. The fourth-order valence-electron chi connectivity index (χ4n) is 2.90. The number of hydrogen-bond donors (Lipinski definition) is 2. The Balaban J connectivity index is 1.50. The summed E-state index contributed by atoms with van der Waals surface area (Å²) in [5.41, 5.74) is 2.04. The zero-order valence-electron chi connectivity index (χ0n) is 14.3. The predicted molar refractivity (Wildman–Crippen MR) is 108 cm³/mol. The molecular weight excluding hydrogens is 378 g/mol. The third-order valence-corrected chi connectivity index (χ3v) is 6.14. The molecule has 0 radical (unpaired) electrons. The van der Waals surface area contributed by atoms with E-state index < -0.39 is 5.60 Å². The van der Waals surface area contributed by atoms with Gasteiger partial charge < -0.3 is 14.8 Å². The van der Waals surface area contributed by atoms with Gasteiger partial charge in [0.1, 0.15) is 5.60 Å². The molecule has 3 aromatic heterocycles. The lowest BCUT2D eigenvalue weighted by Crippen LogP contribution is -2.41. The van der Waals surface area contributed by atoms with Gasteiger partial charge in [0, 0.05) is 16.0 Å². The van der Waals surface area contributed by atoms with Gasteiger partial charge >= 0.3 is 0 Å². The van der Waals surface area contributed by atoms with Crippen molar-refractivity contribution in [3.8, 4) is 11.1 Å². The monoisotopic (exact) mass is 395 g/mol. The Hall–Kier alpha value is -2.67. The van der Waals surface area contributed by atoms with Crippen LogP contribution in [0.5, 0.6) is 0 Å². The quantitative estimate of drug-likeness (QED) is 0.496. The molecule has 0 bridgehead atoms. The maximum absolute atomic E-state index is 12.6. The molecule has 27 heavy (non-hydrogen) atoms. The topological polar surface area (TPSA) is 62.5 Å². The summed E-state index contributed by atoms with van der Waals surface area (Å²) in [5.74, 6) is -0.231. The Bertz CT molecular complexity index is 954. The highest BCUT2D eigenvalue weighted by Gasteiger charge is 2.34. The molecule has 0 aliphatic carbocycles. The fourth-order valence-corrected chi connectivity index (χ4v) is 4.41. The lowest BCUT2D eigenvalue weighted by Gasteiger charge is -2.26. The van der Waals surface area contributed by atoms with Gasteiger partial charge in [-0.2, -0.15) is 11.3 Å². The predicted octanol–water partition coefficient (Wildman–Crippen LogP) is 4.74. The van der Waals surface area contributed by atoms with Crippen molar-refractivity contribution in [2.45, 2.75) is 5.60 Å². The van der Waals surface area contributed by atoms with Crippen molar-refractivity contribution in [2.75, 3.05) is 6.54 Å². The van der Waals surface area contributed by atoms with Crippen LogP contribution in [-0.2, 0) is 5.60 Å². The van der Waals surface area contributed by atoms with Crippen molar-refractivity contribution in [2.24, 2.45) is 0 Å². The van der Waals surface area contributed by atoms with Gasteiger partial charge in [0.05, 0.1) is 19.1 Å². The summed E-state index contributed by atoms with van der Waals surface area (Å²) < 4.78 is 5.13. The summed E-state index contributed by atoms with van der Waals surface area (Å²) in [5, 5.41) is 20.1. The average molecular weight is 396 g/mol. The van der Waals surface area contributed by atoms with Crippen LogP contribution in [0.2, 0.25) is 0 Å². The SMILES string of the molecule is O=C(NCC(O)(c1ccoc1)c1cccs1)c1ccc(-c2ccsc2)cc1. The van der Waals surface area contributed by atoms with Gasteiger partial charge in [-0.15, -0.1) is 11.3 Å². The second kappa shape index (κ2) is 7.52. The van der Waals surface area contributed by atoms with Crippen LogP contribution in [-0.4, -0.2) is 17.6 Å². The van der Waals surface area contributed by atoms with E-state index in [1.165, 1.54) is 23.9 Å². The highest BCUT2D eigenvalue weighted by Crippen LogP contribution is 2.32. The molecule has 0 spiro atoms. The highest BCUT2D eigenvalue weighted by atomic mass is 32.1. The van der Waals surface area contributed by atoms with E-state index in [4.69, 9.17) is 4.42 Å². The number of carbonyl (C=O) groups excluding carboxylic acids is 1. The van der Waals surface area contributed by atoms with Crippen molar-refractivity contribution in [1.82, 2.24) is 5.32 Å². The first-order valence-corrected chi connectivity index (χ1v) is 10.2. The van der Waals surface area contributed by atoms with E-state index in [0.717, 1.165) is 16.0 Å². The van der Waals surface area contributed by atoms with E-state index in [1.54, 1.807) is 29.5 Å². The molecule has 0 saturated carbocycles. The normalized spacial score (nSPS) is 13.2. The molecule has 136 valence electrons. The Labute approximate surface area is 164 Å². The second-order valence-electron chi connectivity index (χ2n) is 6.12. The number of rotatable bonds is 6. The highest BCUT2D eigenvalue weighted by molar-refractivity contribution is 7.10. The van der Waals surface area contributed by atoms with Gasteiger partial charge in [-0.05, 0) is 57.6 Å². The number of carbonyl (C=O) groups is 1. The van der Waals surface area contributed by atoms with Crippen LogP contribution in [0.1, 0.15) is 20.8 Å². The molecule has 0 aliphatic heterocycles. The van der Waals surface area contributed by atoms with Gasteiger partial charge in [0.2, 0.25) is 0 Å². The van der Waals surface area contributed by atoms with Crippen LogP contribution in [0.25, 0.3) is 11.1 Å². The van der Waals surface area contributed by atoms with E-state index in [-0.39, 0.29) is 12.5 Å². The van der Waals surface area contributed by atoms with E-state index in [2.05, 4.69) is 10.7 Å². The molecular formula is C21H17NO3S2. The number of benzene rings is 1. The van der Waals surface area contributed by atoms with Crippen LogP contribution in [0.15, 0.2) is 81.6 Å². The fraction of sp³-hybridized carbons (Fsp3) is 0.0952. The maximum Gasteiger partial charge on any atom is 0.251 e. The first kappa shape index (κ1) is 17.7. The molecule has 1 atom stereocenters. The minimum Gasteiger partial charge on any atom is -0.472 e. The van der Waals surface area contributed by atoms with E-state index in [1.807, 2.05) is 41.1 Å². The molecule has 6 heteroatoms. The summed E-state index contributed by atoms with van der Waals surface area (Å²) in [6.07, 6.45) is 3.01. The first-order valence-electron chi connectivity index (χ1n) is 8.37. The zero-order valence-corrected chi connectivity index (χ0v) is 15.9. The third-order valence-electron chi connectivity index (χ3n) is 4.43. The van der Waals surface area contributed by atoms with Crippen molar-refractivity contribution >= 4 is 28.6 Å². The minimum atomic E-state index is -1.33. The van der Waals surface area contributed by atoms with Gasteiger partial charge in [0.15, 0.2) is 0 Å². The van der Waals surface area contributed by atoms with Gasteiger partial charge in [-0.3, -0.25) is 4.79 Å². The van der Waals surface area contributed by atoms with Crippen molar-refractivity contribution < 1.29 is 14.3 Å². The molecule has 4 nitrogen and oxygen atoms in total. The number of thiophene rings is 2. The average Bonchev–Trinajstić information content (AvgIpc) is 3.47. The van der Waals surface area contributed by atoms with Gasteiger partial charge in [-0.1, -0.05) is 18.2 Å². The van der Waals surface area contributed by atoms with Crippen molar-refractivity contribution in [3.63, 3.8) is 0 Å². The first-order chi connectivity index (χ1) is 13.2. The maximum atomic E-state index is 12.6. The van der Waals surface area contributed by atoms with Crippen LogP contribution in [0.3, 0.4) is 0 Å². The zero-order chi connectivity index (χ0) is 18.7. The van der Waals surface area contributed by atoms with Crippen LogP contribution in [0.4, 0.5) is 0 Å². The summed E-state index contributed by atoms with van der Waals surface area (Å²) in [6.45, 7) is 0.0537.